The van der Waals surface area contributed by atoms with Crippen LogP contribution in [0.1, 0.15) is 32.6 Å². The average Bonchev–Trinajstić information content (AvgIpc) is 3.02. The van der Waals surface area contributed by atoms with Crippen molar-refractivity contribution in [1.29, 1.82) is 0 Å². The van der Waals surface area contributed by atoms with Crippen LogP contribution in [0, 0.1) is 0 Å². The average molecular weight is 214 g/mol. The summed E-state index contributed by atoms with van der Waals surface area (Å²) in [5.74, 6) is 0.184. The molecule has 0 bridgehead atoms. The van der Waals surface area contributed by atoms with Crippen molar-refractivity contribution in [3.8, 4) is 0 Å². The minimum atomic E-state index is 0.00120. The van der Waals surface area contributed by atoms with Gasteiger partial charge in [-0.2, -0.15) is 0 Å². The molecule has 1 aliphatic carbocycles. The Balaban J connectivity index is 2.36. The van der Waals surface area contributed by atoms with Crippen molar-refractivity contribution in [2.24, 2.45) is 5.73 Å². The number of carbonyl (C=O) groups excluding carboxylic acids is 1. The summed E-state index contributed by atoms with van der Waals surface area (Å²) >= 11 is 0. The smallest absolute Gasteiger partial charge is 0.224 e. The minimum Gasteiger partial charge on any atom is -0.383 e. The zero-order chi connectivity index (χ0) is 11.3. The van der Waals surface area contributed by atoms with Crippen LogP contribution in [0.25, 0.3) is 0 Å². The van der Waals surface area contributed by atoms with E-state index < -0.39 is 0 Å². The normalized spacial score (nSPS) is 17.5. The maximum absolute atomic E-state index is 11.9. The minimum absolute atomic E-state index is 0.00120. The second kappa shape index (κ2) is 6.08. The van der Waals surface area contributed by atoms with Crippen LogP contribution in [0.4, 0.5) is 0 Å². The topological polar surface area (TPSA) is 55.6 Å². The van der Waals surface area contributed by atoms with Gasteiger partial charge in [-0.1, -0.05) is 6.92 Å². The molecule has 2 N–H and O–H groups in total. The fourth-order valence-electron chi connectivity index (χ4n) is 1.57. The SMILES string of the molecule is CCC(N)CC(=O)N(CCOC)C1CC1. The van der Waals surface area contributed by atoms with Gasteiger partial charge in [0, 0.05) is 32.2 Å². The van der Waals surface area contributed by atoms with E-state index in [0.717, 1.165) is 19.3 Å². The third kappa shape index (κ3) is 4.18. The first-order chi connectivity index (χ1) is 7.19. The number of hydrogen-bond acceptors (Lipinski definition) is 3. The molecule has 0 aromatic carbocycles. The maximum Gasteiger partial charge on any atom is 0.224 e. The Morgan fingerprint density at radius 3 is 2.73 bits per heavy atom. The van der Waals surface area contributed by atoms with Gasteiger partial charge in [-0.3, -0.25) is 4.79 Å². The van der Waals surface area contributed by atoms with Crippen molar-refractivity contribution < 1.29 is 9.53 Å². The highest BCUT2D eigenvalue weighted by atomic mass is 16.5. The van der Waals surface area contributed by atoms with E-state index in [1.165, 1.54) is 0 Å². The third-order valence-electron chi connectivity index (χ3n) is 2.81. The molecule has 1 fully saturated rings. The first-order valence-corrected chi connectivity index (χ1v) is 5.73. The lowest BCUT2D eigenvalue weighted by molar-refractivity contribution is -0.132. The van der Waals surface area contributed by atoms with E-state index in [9.17, 15) is 4.79 Å². The summed E-state index contributed by atoms with van der Waals surface area (Å²) in [6, 6.07) is 0.456. The number of amides is 1. The number of nitrogens with zero attached hydrogens (tertiary/aromatic N) is 1. The van der Waals surface area contributed by atoms with Gasteiger partial charge in [-0.15, -0.1) is 0 Å². The first-order valence-electron chi connectivity index (χ1n) is 5.73. The standard InChI is InChI=1S/C11H22N2O2/c1-3-9(12)8-11(14)13(6-7-15-2)10-4-5-10/h9-10H,3-8,12H2,1-2H3. The van der Waals surface area contributed by atoms with Crippen LogP contribution < -0.4 is 5.73 Å². The second-order valence-corrected chi connectivity index (χ2v) is 4.18. The van der Waals surface area contributed by atoms with Crippen LogP contribution in [0.3, 0.4) is 0 Å². The molecule has 88 valence electrons. The third-order valence-corrected chi connectivity index (χ3v) is 2.81. The summed E-state index contributed by atoms with van der Waals surface area (Å²) in [7, 11) is 1.66. The molecule has 1 aliphatic rings. The summed E-state index contributed by atoms with van der Waals surface area (Å²) in [6.45, 7) is 3.33. The lowest BCUT2D eigenvalue weighted by atomic mass is 10.1. The molecule has 0 radical (unpaired) electrons. The van der Waals surface area contributed by atoms with Crippen molar-refractivity contribution in [3.05, 3.63) is 0 Å². The molecule has 1 unspecified atom stereocenters. The molecule has 1 saturated carbocycles. The highest BCUT2D eigenvalue weighted by Crippen LogP contribution is 2.27. The molecule has 0 saturated heterocycles. The van der Waals surface area contributed by atoms with Gasteiger partial charge in [-0.25, -0.2) is 0 Å². The predicted molar refractivity (Wildman–Crippen MR) is 59.5 cm³/mol. The predicted octanol–water partition coefficient (Wildman–Crippen LogP) is 0.751. The largest absolute Gasteiger partial charge is 0.383 e. The lowest BCUT2D eigenvalue weighted by Gasteiger charge is -2.23. The molecule has 4 heteroatoms. The van der Waals surface area contributed by atoms with E-state index in [1.807, 2.05) is 11.8 Å². The summed E-state index contributed by atoms with van der Waals surface area (Å²) in [5, 5.41) is 0. The number of methoxy groups -OCH3 is 1. The summed E-state index contributed by atoms with van der Waals surface area (Å²) < 4.78 is 5.01. The zero-order valence-corrected chi connectivity index (χ0v) is 9.74. The van der Waals surface area contributed by atoms with Gasteiger partial charge in [0.1, 0.15) is 0 Å². The Morgan fingerprint density at radius 1 is 1.60 bits per heavy atom. The molecule has 1 atom stereocenters. The highest BCUT2D eigenvalue weighted by molar-refractivity contribution is 5.77. The van der Waals surface area contributed by atoms with Crippen LogP contribution in [0.5, 0.6) is 0 Å². The summed E-state index contributed by atoms with van der Waals surface area (Å²) in [4.78, 5) is 13.8. The van der Waals surface area contributed by atoms with Crippen molar-refractivity contribution in [3.63, 3.8) is 0 Å². The molecular formula is C11H22N2O2. The van der Waals surface area contributed by atoms with Crippen molar-refractivity contribution in [2.45, 2.75) is 44.7 Å². The molecule has 1 amide bonds. The van der Waals surface area contributed by atoms with Gasteiger partial charge < -0.3 is 15.4 Å². The molecule has 15 heavy (non-hydrogen) atoms. The molecular weight excluding hydrogens is 192 g/mol. The van der Waals surface area contributed by atoms with Gasteiger partial charge in [0.25, 0.3) is 0 Å². The maximum atomic E-state index is 11.9. The Morgan fingerprint density at radius 2 is 2.27 bits per heavy atom. The van der Waals surface area contributed by atoms with E-state index in [1.54, 1.807) is 7.11 Å². The quantitative estimate of drug-likeness (QED) is 0.680. The second-order valence-electron chi connectivity index (χ2n) is 4.18. The molecule has 0 spiro atoms. The van der Waals surface area contributed by atoms with Crippen molar-refractivity contribution in [2.75, 3.05) is 20.3 Å². The van der Waals surface area contributed by atoms with Gasteiger partial charge in [0.15, 0.2) is 0 Å². The monoisotopic (exact) mass is 214 g/mol. The van der Waals surface area contributed by atoms with Crippen molar-refractivity contribution >= 4 is 5.91 Å². The van der Waals surface area contributed by atoms with Gasteiger partial charge >= 0.3 is 0 Å². The molecule has 0 aromatic rings. The van der Waals surface area contributed by atoms with Crippen LogP contribution in [-0.4, -0.2) is 43.2 Å². The number of carbonyl (C=O) groups is 1. The zero-order valence-electron chi connectivity index (χ0n) is 9.74. The van der Waals surface area contributed by atoms with Gasteiger partial charge in [0.05, 0.1) is 6.61 Å². The first kappa shape index (κ1) is 12.5. The Labute approximate surface area is 91.8 Å². The van der Waals surface area contributed by atoms with E-state index in [0.29, 0.717) is 25.6 Å². The Bertz CT molecular complexity index is 205. The Hall–Kier alpha value is -0.610. The molecule has 4 nitrogen and oxygen atoms in total. The fourth-order valence-corrected chi connectivity index (χ4v) is 1.57. The van der Waals surface area contributed by atoms with Gasteiger partial charge in [-0.05, 0) is 19.3 Å². The number of nitrogens with two attached hydrogens (primary N) is 1. The van der Waals surface area contributed by atoms with Crippen LogP contribution in [-0.2, 0) is 9.53 Å². The molecule has 0 aromatic heterocycles. The molecule has 0 heterocycles. The molecule has 1 rings (SSSR count). The summed E-state index contributed by atoms with van der Waals surface area (Å²) in [6.07, 6.45) is 3.60. The van der Waals surface area contributed by atoms with Gasteiger partial charge in [0.2, 0.25) is 5.91 Å². The number of hydrogen-bond donors (Lipinski definition) is 1. The Kier molecular flexibility index (Phi) is 5.05. The van der Waals surface area contributed by atoms with Crippen LogP contribution in [0.2, 0.25) is 0 Å². The fraction of sp³-hybridized carbons (Fsp3) is 0.909. The van der Waals surface area contributed by atoms with E-state index in [2.05, 4.69) is 0 Å². The van der Waals surface area contributed by atoms with E-state index in [-0.39, 0.29) is 11.9 Å². The lowest BCUT2D eigenvalue weighted by Crippen LogP contribution is -2.39. The van der Waals surface area contributed by atoms with Crippen LogP contribution >= 0.6 is 0 Å². The van der Waals surface area contributed by atoms with Crippen LogP contribution in [0.15, 0.2) is 0 Å². The summed E-state index contributed by atoms with van der Waals surface area (Å²) in [5.41, 5.74) is 5.78. The van der Waals surface area contributed by atoms with E-state index in [4.69, 9.17) is 10.5 Å². The van der Waals surface area contributed by atoms with E-state index >= 15 is 0 Å². The number of ether oxygens (including phenoxy) is 1. The highest BCUT2D eigenvalue weighted by Gasteiger charge is 2.32. The number of rotatable bonds is 7. The molecule has 0 aliphatic heterocycles. The van der Waals surface area contributed by atoms with Crippen molar-refractivity contribution in [1.82, 2.24) is 4.90 Å².